The maximum atomic E-state index is 12.7. The second kappa shape index (κ2) is 8.83. The summed E-state index contributed by atoms with van der Waals surface area (Å²) in [4.78, 5) is 21.6. The standard InChI is InChI=1S/C20H18Cl2N4O3S3/c1-12-23-14-6-7-15(19(27)25-32(28,29)17-9-8-16(21)31-17)24-18(14)26(12)11-13-5-3-4-10-20(13,22)30-2/h3-10,13H,11H2,1-2H3,(H,25,27). The zero-order valence-corrected chi connectivity index (χ0v) is 20.9. The van der Waals surface area contributed by atoms with Crippen molar-refractivity contribution in [2.24, 2.45) is 5.92 Å². The number of allylic oxidation sites excluding steroid dienone is 3. The monoisotopic (exact) mass is 528 g/mol. The highest BCUT2D eigenvalue weighted by Gasteiger charge is 2.34. The summed E-state index contributed by atoms with van der Waals surface area (Å²) in [7, 11) is -4.05. The molecule has 1 aliphatic rings. The molecule has 0 aromatic carbocycles. The van der Waals surface area contributed by atoms with Gasteiger partial charge in [-0.2, -0.15) is 0 Å². The fourth-order valence-corrected chi connectivity index (χ4v) is 6.70. The fourth-order valence-electron chi connectivity index (χ4n) is 3.37. The van der Waals surface area contributed by atoms with Gasteiger partial charge in [-0.15, -0.1) is 34.7 Å². The van der Waals surface area contributed by atoms with E-state index in [2.05, 4.69) is 9.97 Å². The molecule has 0 aliphatic heterocycles. The summed E-state index contributed by atoms with van der Waals surface area (Å²) in [6, 6.07) is 5.89. The Bertz CT molecular complexity index is 1360. The highest BCUT2D eigenvalue weighted by molar-refractivity contribution is 8.01. The van der Waals surface area contributed by atoms with Crippen molar-refractivity contribution in [3.63, 3.8) is 0 Å². The molecule has 3 aromatic heterocycles. The molecule has 0 saturated carbocycles. The zero-order valence-electron chi connectivity index (χ0n) is 17.0. The second-order valence-electron chi connectivity index (χ2n) is 7.05. The van der Waals surface area contributed by atoms with Gasteiger partial charge in [0.05, 0.1) is 4.34 Å². The molecule has 4 rings (SSSR count). The average molecular weight is 529 g/mol. The van der Waals surface area contributed by atoms with Crippen LogP contribution < -0.4 is 4.72 Å². The third-order valence-electron chi connectivity index (χ3n) is 5.03. The number of rotatable bonds is 6. The molecule has 7 nitrogen and oxygen atoms in total. The van der Waals surface area contributed by atoms with E-state index in [4.69, 9.17) is 23.2 Å². The van der Waals surface area contributed by atoms with Crippen LogP contribution in [-0.2, 0) is 16.6 Å². The van der Waals surface area contributed by atoms with Crippen molar-refractivity contribution in [1.29, 1.82) is 0 Å². The molecule has 168 valence electrons. The highest BCUT2D eigenvalue weighted by Crippen LogP contribution is 2.41. The molecule has 1 aliphatic carbocycles. The van der Waals surface area contributed by atoms with Gasteiger partial charge < -0.3 is 4.57 Å². The number of nitrogens with one attached hydrogen (secondary N) is 1. The van der Waals surface area contributed by atoms with Crippen molar-refractivity contribution in [2.45, 2.75) is 21.9 Å². The Morgan fingerprint density at radius 2 is 2.06 bits per heavy atom. The van der Waals surface area contributed by atoms with Gasteiger partial charge in [0.1, 0.15) is 25.5 Å². The van der Waals surface area contributed by atoms with Crippen LogP contribution in [0.15, 0.2) is 52.8 Å². The van der Waals surface area contributed by atoms with Crippen LogP contribution in [-0.4, -0.2) is 39.3 Å². The molecule has 0 radical (unpaired) electrons. The van der Waals surface area contributed by atoms with Crippen LogP contribution in [0, 0.1) is 12.8 Å². The summed E-state index contributed by atoms with van der Waals surface area (Å²) in [6.45, 7) is 2.35. The summed E-state index contributed by atoms with van der Waals surface area (Å²) >= 11 is 15.0. The normalized spacial score (nSPS) is 20.7. The quantitative estimate of drug-likeness (QED) is 0.469. The van der Waals surface area contributed by atoms with Gasteiger partial charge in [-0.05, 0) is 37.4 Å². The first-order chi connectivity index (χ1) is 15.1. The van der Waals surface area contributed by atoms with Crippen molar-refractivity contribution in [3.05, 3.63) is 64.4 Å². The number of thioether (sulfide) groups is 1. The Kier molecular flexibility index (Phi) is 6.43. The van der Waals surface area contributed by atoms with Crippen LogP contribution in [0.2, 0.25) is 4.34 Å². The predicted molar refractivity (Wildman–Crippen MR) is 130 cm³/mol. The largest absolute Gasteiger partial charge is 0.312 e. The van der Waals surface area contributed by atoms with Gasteiger partial charge in [0.25, 0.3) is 15.9 Å². The number of halogens is 2. The number of sulfonamides is 1. The zero-order chi connectivity index (χ0) is 23.1. The van der Waals surface area contributed by atoms with Gasteiger partial charge in [-0.3, -0.25) is 4.79 Å². The minimum Gasteiger partial charge on any atom is -0.312 e. The molecule has 3 heterocycles. The number of alkyl halides is 1. The molecule has 1 amide bonds. The lowest BCUT2D eigenvalue weighted by Crippen LogP contribution is -2.31. The van der Waals surface area contributed by atoms with E-state index >= 15 is 0 Å². The first-order valence-electron chi connectivity index (χ1n) is 9.39. The smallest absolute Gasteiger partial charge is 0.283 e. The maximum absolute atomic E-state index is 12.7. The van der Waals surface area contributed by atoms with E-state index in [1.807, 2.05) is 46.8 Å². The van der Waals surface area contributed by atoms with E-state index in [9.17, 15) is 13.2 Å². The van der Waals surface area contributed by atoms with Crippen LogP contribution in [0.5, 0.6) is 0 Å². The summed E-state index contributed by atoms with van der Waals surface area (Å²) in [5.41, 5.74) is 1.05. The molecule has 3 aromatic rings. The molecule has 32 heavy (non-hydrogen) atoms. The molecule has 0 fully saturated rings. The van der Waals surface area contributed by atoms with Crippen LogP contribution >= 0.6 is 46.3 Å². The minimum atomic E-state index is -4.05. The van der Waals surface area contributed by atoms with E-state index in [-0.39, 0.29) is 15.8 Å². The minimum absolute atomic E-state index is 0.0361. The van der Waals surface area contributed by atoms with Gasteiger partial charge in [0.2, 0.25) is 0 Å². The Balaban J connectivity index is 1.65. The van der Waals surface area contributed by atoms with Crippen LogP contribution in [0.3, 0.4) is 0 Å². The van der Waals surface area contributed by atoms with Crippen molar-refractivity contribution < 1.29 is 13.2 Å². The summed E-state index contributed by atoms with van der Waals surface area (Å²) in [5, 5.41) is 0. The fraction of sp³-hybridized carbons (Fsp3) is 0.250. The number of amides is 1. The lowest BCUT2D eigenvalue weighted by atomic mass is 9.99. The van der Waals surface area contributed by atoms with Crippen molar-refractivity contribution in [3.8, 4) is 0 Å². The van der Waals surface area contributed by atoms with Crippen LogP contribution in [0.1, 0.15) is 16.3 Å². The highest BCUT2D eigenvalue weighted by atomic mass is 35.5. The number of carbonyl (C=O) groups excluding carboxylic acids is 1. The number of nitrogens with zero attached hydrogens (tertiary/aromatic N) is 3. The van der Waals surface area contributed by atoms with Gasteiger partial charge in [-0.1, -0.05) is 35.9 Å². The lowest BCUT2D eigenvalue weighted by molar-refractivity contribution is 0.0977. The molecule has 0 bridgehead atoms. The van der Waals surface area contributed by atoms with Crippen LogP contribution in [0.25, 0.3) is 11.2 Å². The average Bonchev–Trinajstić information content (AvgIpc) is 3.32. The number of carbonyl (C=O) groups is 1. The van der Waals surface area contributed by atoms with Crippen molar-refractivity contribution >= 4 is 73.4 Å². The number of aryl methyl sites for hydroxylation is 1. The first-order valence-corrected chi connectivity index (χ1v) is 13.7. The van der Waals surface area contributed by atoms with Gasteiger partial charge in [0, 0.05) is 12.5 Å². The summed E-state index contributed by atoms with van der Waals surface area (Å²) in [5.74, 6) is -0.157. The topological polar surface area (TPSA) is 94.0 Å². The number of hydrogen-bond donors (Lipinski definition) is 1. The number of fused-ring (bicyclic) bond motifs is 1. The van der Waals surface area contributed by atoms with Crippen molar-refractivity contribution in [1.82, 2.24) is 19.3 Å². The van der Waals surface area contributed by atoms with Crippen LogP contribution in [0.4, 0.5) is 0 Å². The van der Waals surface area contributed by atoms with Gasteiger partial charge in [0.15, 0.2) is 5.65 Å². The van der Waals surface area contributed by atoms with Gasteiger partial charge >= 0.3 is 0 Å². The molecular formula is C20H18Cl2N4O3S3. The van der Waals surface area contributed by atoms with Crippen molar-refractivity contribution in [2.75, 3.05) is 6.26 Å². The Labute approximate surface area is 203 Å². The van der Waals surface area contributed by atoms with E-state index in [0.29, 0.717) is 27.9 Å². The number of thiophene rings is 1. The van der Waals surface area contributed by atoms with E-state index in [1.54, 1.807) is 6.07 Å². The first kappa shape index (κ1) is 23.3. The third kappa shape index (κ3) is 4.47. The predicted octanol–water partition coefficient (Wildman–Crippen LogP) is 4.61. The Hall–Kier alpha value is -1.85. The van der Waals surface area contributed by atoms with E-state index in [1.165, 1.54) is 30.0 Å². The second-order valence-corrected chi connectivity index (χ2v) is 12.6. The molecule has 2 unspecified atom stereocenters. The number of pyridine rings is 1. The Morgan fingerprint density at radius 1 is 1.28 bits per heavy atom. The van der Waals surface area contributed by atoms with Gasteiger partial charge in [-0.25, -0.2) is 23.1 Å². The number of aromatic nitrogens is 3. The van der Waals surface area contributed by atoms with E-state index < -0.39 is 20.1 Å². The molecule has 0 saturated heterocycles. The molecule has 0 spiro atoms. The lowest BCUT2D eigenvalue weighted by Gasteiger charge is -2.31. The summed E-state index contributed by atoms with van der Waals surface area (Å²) < 4.78 is 28.5. The SMILES string of the molecule is CSC1(Cl)C=CC=CC1Cn1c(C)nc2ccc(C(=O)NS(=O)(=O)c3ccc(Cl)s3)nc21. The Morgan fingerprint density at radius 3 is 2.75 bits per heavy atom. The number of imidazole rings is 1. The maximum Gasteiger partial charge on any atom is 0.283 e. The molecular weight excluding hydrogens is 511 g/mol. The van der Waals surface area contributed by atoms with E-state index in [0.717, 1.165) is 11.3 Å². The summed E-state index contributed by atoms with van der Waals surface area (Å²) in [6.07, 6.45) is 9.80. The molecule has 2 atom stereocenters. The third-order valence-corrected chi connectivity index (χ3v) is 10.0. The number of hydrogen-bond acceptors (Lipinski definition) is 7. The molecule has 1 N–H and O–H groups in total. The molecule has 12 heteroatoms.